The molecule has 1 aliphatic rings. The van der Waals surface area contributed by atoms with Crippen molar-refractivity contribution in [3.63, 3.8) is 0 Å². The van der Waals surface area contributed by atoms with E-state index in [9.17, 15) is 0 Å². The molecule has 276 valence electrons. The quantitative estimate of drug-likeness (QED) is 0.115. The van der Waals surface area contributed by atoms with Gasteiger partial charge in [-0.2, -0.15) is 0 Å². The van der Waals surface area contributed by atoms with Crippen LogP contribution in [-0.4, -0.2) is 0 Å². The molecule has 0 unspecified atom stereocenters. The molecule has 9 nitrogen and oxygen atoms in total. The average Bonchev–Trinajstić information content (AvgIpc) is 3.13. The molecule has 7 rings (SSSR count). The van der Waals surface area contributed by atoms with Gasteiger partial charge in [-0.1, -0.05) is 121 Å². The van der Waals surface area contributed by atoms with Crippen molar-refractivity contribution < 1.29 is 27.1 Å². The van der Waals surface area contributed by atoms with E-state index in [1.165, 1.54) is 0 Å². The highest BCUT2D eigenvalue weighted by atomic mass is 31.3. The molecule has 54 heavy (non-hydrogen) atoms. The van der Waals surface area contributed by atoms with Crippen molar-refractivity contribution in [1.29, 1.82) is 0 Å². The van der Waals surface area contributed by atoms with E-state index in [4.69, 9.17) is 40.7 Å². The first kappa shape index (κ1) is 37.1. The fraction of sp³-hybridized carbons (Fsp3) is 0.143. The Balaban J connectivity index is 1.60. The topological polar surface area (TPSA) is 92.5 Å². The molecule has 0 aliphatic carbocycles. The maximum atomic E-state index is 7.02. The van der Waals surface area contributed by atoms with Crippen LogP contribution in [0.25, 0.3) is 0 Å². The van der Waals surface area contributed by atoms with Crippen molar-refractivity contribution in [3.05, 3.63) is 179 Å². The first-order valence-corrected chi connectivity index (χ1v) is 22.1. The lowest BCUT2D eigenvalue weighted by Gasteiger charge is -2.33. The van der Waals surface area contributed by atoms with Crippen molar-refractivity contribution in [2.45, 2.75) is 41.5 Å². The molecule has 6 aromatic rings. The summed E-state index contributed by atoms with van der Waals surface area (Å²) < 4.78 is 57.8. The lowest BCUT2D eigenvalue weighted by molar-refractivity contribution is 0.441. The smallest absolute Gasteiger partial charge is 0.413 e. The van der Waals surface area contributed by atoms with Crippen molar-refractivity contribution in [1.82, 2.24) is 0 Å². The van der Waals surface area contributed by atoms with Crippen LogP contribution in [0.5, 0.6) is 34.5 Å². The SMILES string of the molecule is Cc1ccc(OP2(Oc3ccccc3)=NP(Oc3ccccc3)(Oc3ccc(C)cc3C)=NP(Oc3ccccc3)(Oc3ccc(C)cc3C)=N2)c(C)c1. The Morgan fingerprint density at radius 3 is 0.815 bits per heavy atom. The zero-order chi connectivity index (χ0) is 37.8. The number of benzene rings is 6. The summed E-state index contributed by atoms with van der Waals surface area (Å²) in [6, 6.07) is 45.7. The summed E-state index contributed by atoms with van der Waals surface area (Å²) in [6.45, 7) is 12.0. The Labute approximate surface area is 317 Å². The number of hydrogen-bond donors (Lipinski definition) is 0. The Bertz CT molecular complexity index is 2170. The Morgan fingerprint density at radius 2 is 0.574 bits per heavy atom. The normalized spacial score (nSPS) is 20.3. The Kier molecular flexibility index (Phi) is 10.8. The monoisotopic (exact) mass is 777 g/mol. The van der Waals surface area contributed by atoms with Gasteiger partial charge in [0.05, 0.1) is 0 Å². The molecule has 0 N–H and O–H groups in total. The van der Waals surface area contributed by atoms with E-state index < -0.39 is 23.0 Å². The molecule has 0 radical (unpaired) electrons. The molecule has 0 bridgehead atoms. The van der Waals surface area contributed by atoms with Gasteiger partial charge in [-0.15, -0.1) is 0 Å². The molecule has 0 fully saturated rings. The number of hydrogen-bond acceptors (Lipinski definition) is 9. The van der Waals surface area contributed by atoms with Crippen LogP contribution in [0.2, 0.25) is 0 Å². The highest BCUT2D eigenvalue weighted by molar-refractivity contribution is 7.79. The average molecular weight is 778 g/mol. The minimum Gasteiger partial charge on any atom is -0.413 e. The van der Waals surface area contributed by atoms with Crippen LogP contribution in [0, 0.1) is 41.5 Å². The van der Waals surface area contributed by atoms with Gasteiger partial charge >= 0.3 is 23.0 Å². The van der Waals surface area contributed by atoms with Gasteiger partial charge in [-0.25, -0.2) is 0 Å². The molecule has 0 amide bonds. The van der Waals surface area contributed by atoms with Crippen LogP contribution < -0.4 is 27.1 Å². The summed E-state index contributed by atoms with van der Waals surface area (Å²) in [5.74, 6) is 2.98. The number of nitrogens with zero attached hydrogens (tertiary/aromatic N) is 3. The zero-order valence-electron chi connectivity index (χ0n) is 31.0. The highest BCUT2D eigenvalue weighted by Gasteiger charge is 2.49. The number of para-hydroxylation sites is 3. The third-order valence-electron chi connectivity index (χ3n) is 8.22. The van der Waals surface area contributed by atoms with Gasteiger partial charge in [-0.3, -0.25) is 0 Å². The molecule has 0 saturated carbocycles. The van der Waals surface area contributed by atoms with Crippen LogP contribution in [0.1, 0.15) is 33.4 Å². The summed E-state index contributed by atoms with van der Waals surface area (Å²) in [5, 5.41) is 0. The van der Waals surface area contributed by atoms with E-state index in [-0.39, 0.29) is 0 Å². The van der Waals surface area contributed by atoms with E-state index in [2.05, 4.69) is 0 Å². The Morgan fingerprint density at radius 1 is 0.315 bits per heavy atom. The molecule has 0 saturated heterocycles. The largest absolute Gasteiger partial charge is 0.460 e. The first-order chi connectivity index (χ1) is 26.0. The summed E-state index contributed by atoms with van der Waals surface area (Å²) in [5.41, 5.74) is 5.82. The van der Waals surface area contributed by atoms with Gasteiger partial charge in [0.2, 0.25) is 0 Å². The van der Waals surface area contributed by atoms with Crippen molar-refractivity contribution in [2.24, 2.45) is 13.5 Å². The Hall–Kier alpha value is -5.19. The minimum atomic E-state index is -3.96. The lowest BCUT2D eigenvalue weighted by atomic mass is 10.1. The van der Waals surface area contributed by atoms with Gasteiger partial charge in [0, 0.05) is 0 Å². The molecular formula is C42H42N3O6P3. The van der Waals surface area contributed by atoms with Crippen LogP contribution in [0.3, 0.4) is 0 Å². The van der Waals surface area contributed by atoms with Crippen molar-refractivity contribution >= 4 is 23.0 Å². The second-order valence-electron chi connectivity index (χ2n) is 13.0. The molecule has 1 heterocycles. The maximum absolute atomic E-state index is 7.02. The third-order valence-corrected chi connectivity index (χ3v) is 16.3. The minimum absolute atomic E-state index is 0.471. The molecular weight excluding hydrogens is 735 g/mol. The standard InChI is InChI=1S/C42H42N3O6P3/c1-31-22-25-40(34(4)28-31)49-52(46-37-16-10-7-11-17-37)43-53(47-38-18-12-8-13-19-38,50-41-26-23-32(2)29-35(41)5)45-54(44-52,48-39-20-14-9-15-21-39)51-42-27-24-33(3)30-36(42)6/h7-30H,1-6H3. The summed E-state index contributed by atoms with van der Waals surface area (Å²) in [6.07, 6.45) is 0. The van der Waals surface area contributed by atoms with Crippen molar-refractivity contribution in [2.75, 3.05) is 0 Å². The van der Waals surface area contributed by atoms with Crippen molar-refractivity contribution in [3.8, 4) is 34.5 Å². The second-order valence-corrected chi connectivity index (χ2v) is 19.2. The lowest BCUT2D eigenvalue weighted by Crippen LogP contribution is -2.12. The van der Waals surface area contributed by atoms with Gasteiger partial charge < -0.3 is 27.1 Å². The van der Waals surface area contributed by atoms with Crippen LogP contribution in [0.15, 0.2) is 159 Å². The first-order valence-electron chi connectivity index (χ1n) is 17.5. The second kappa shape index (κ2) is 15.7. The van der Waals surface area contributed by atoms with Crippen LogP contribution >= 0.6 is 23.0 Å². The van der Waals surface area contributed by atoms with Gasteiger partial charge in [0.1, 0.15) is 34.5 Å². The summed E-state index contributed by atoms with van der Waals surface area (Å²) in [4.78, 5) is 0. The van der Waals surface area contributed by atoms with E-state index in [1.54, 1.807) is 0 Å². The van der Waals surface area contributed by atoms with E-state index in [0.717, 1.165) is 33.4 Å². The predicted octanol–water partition coefficient (Wildman–Crippen LogP) is 14.2. The van der Waals surface area contributed by atoms with E-state index in [0.29, 0.717) is 34.5 Å². The maximum Gasteiger partial charge on any atom is 0.460 e. The molecule has 6 aromatic carbocycles. The molecule has 0 spiro atoms. The third kappa shape index (κ3) is 8.77. The fourth-order valence-corrected chi connectivity index (χ4v) is 15.0. The van der Waals surface area contributed by atoms with Gasteiger partial charge in [0.15, 0.2) is 0 Å². The summed E-state index contributed by atoms with van der Waals surface area (Å²) >= 11 is 0. The molecule has 1 aliphatic heterocycles. The van der Waals surface area contributed by atoms with Gasteiger partial charge in [-0.05, 0) is 113 Å². The van der Waals surface area contributed by atoms with Gasteiger partial charge in [0.25, 0.3) is 0 Å². The van der Waals surface area contributed by atoms with Crippen LogP contribution in [-0.2, 0) is 0 Å². The van der Waals surface area contributed by atoms with E-state index in [1.807, 2.05) is 187 Å². The summed E-state index contributed by atoms with van der Waals surface area (Å²) in [7, 11) is -11.9. The fourth-order valence-electron chi connectivity index (χ4n) is 5.70. The number of aryl methyl sites for hydroxylation is 6. The van der Waals surface area contributed by atoms with Crippen LogP contribution in [0.4, 0.5) is 0 Å². The zero-order valence-corrected chi connectivity index (χ0v) is 33.7. The molecule has 12 heteroatoms. The number of rotatable bonds is 12. The predicted molar refractivity (Wildman–Crippen MR) is 219 cm³/mol. The molecule has 0 atom stereocenters. The molecule has 0 aromatic heterocycles. The van der Waals surface area contributed by atoms with E-state index >= 15 is 0 Å². The highest BCUT2D eigenvalue weighted by Crippen LogP contribution is 2.78.